The van der Waals surface area contributed by atoms with Crippen LogP contribution in [0.4, 0.5) is 5.82 Å². The molecule has 0 unspecified atom stereocenters. The van der Waals surface area contributed by atoms with Gasteiger partial charge in [0.25, 0.3) is 0 Å². The highest BCUT2D eigenvalue weighted by Crippen LogP contribution is 2.36. The number of carbonyl (C=O) groups excluding carboxylic acids is 1. The first-order valence-corrected chi connectivity index (χ1v) is 11.4. The number of aryl methyl sites for hydroxylation is 1. The number of nitrogens with zero attached hydrogens (tertiary/aromatic N) is 5. The fourth-order valence-corrected chi connectivity index (χ4v) is 5.33. The number of carbonyl (C=O) groups is 1. The lowest BCUT2D eigenvalue weighted by molar-refractivity contribution is -0.136. The van der Waals surface area contributed by atoms with Gasteiger partial charge in [-0.2, -0.15) is 5.26 Å². The zero-order valence-corrected chi connectivity index (χ0v) is 18.1. The Labute approximate surface area is 183 Å². The first-order valence-electron chi connectivity index (χ1n) is 11.4. The van der Waals surface area contributed by atoms with Crippen LogP contribution in [0.3, 0.4) is 0 Å². The normalized spacial score (nSPS) is 20.3. The van der Waals surface area contributed by atoms with E-state index in [-0.39, 0.29) is 5.92 Å². The molecule has 2 aromatic heterocycles. The number of amides is 1. The summed E-state index contributed by atoms with van der Waals surface area (Å²) in [7, 11) is 2.08. The molecule has 5 rings (SSSR count). The summed E-state index contributed by atoms with van der Waals surface area (Å²) in [6.07, 6.45) is 14.5. The first-order chi connectivity index (χ1) is 15.1. The molecule has 0 aromatic carbocycles. The van der Waals surface area contributed by atoms with Crippen molar-refractivity contribution in [3.63, 3.8) is 0 Å². The molecule has 0 atom stereocenters. The minimum absolute atomic E-state index is 0.270. The molecule has 3 aliphatic rings. The van der Waals surface area contributed by atoms with Crippen LogP contribution in [0.2, 0.25) is 0 Å². The first kappa shape index (κ1) is 19.9. The van der Waals surface area contributed by atoms with Crippen LogP contribution in [0.25, 0.3) is 11.0 Å². The minimum Gasteiger partial charge on any atom is -0.349 e. The Balaban J connectivity index is 1.34. The minimum atomic E-state index is 0.270. The smallest absolute Gasteiger partial charge is 0.225 e. The quantitative estimate of drug-likeness (QED) is 0.752. The van der Waals surface area contributed by atoms with Crippen LogP contribution in [-0.2, 0) is 11.8 Å². The van der Waals surface area contributed by atoms with Gasteiger partial charge < -0.3 is 14.4 Å². The highest BCUT2D eigenvalue weighted by molar-refractivity contribution is 5.83. The van der Waals surface area contributed by atoms with Crippen LogP contribution in [0, 0.1) is 17.2 Å². The van der Waals surface area contributed by atoms with Crippen molar-refractivity contribution in [2.45, 2.75) is 44.4 Å². The van der Waals surface area contributed by atoms with Crippen molar-refractivity contribution in [1.82, 2.24) is 14.5 Å². The SMILES string of the molecule is Cn1cc(C2CCN(C(=O)C3CCCC3)CC2)c2nc(N3C=CC(C#N)=CC3)ccc21. The molecule has 2 aliphatic heterocycles. The molecule has 1 amide bonds. The van der Waals surface area contributed by atoms with E-state index in [1.54, 1.807) is 0 Å². The molecule has 1 saturated carbocycles. The average Bonchev–Trinajstić information content (AvgIpc) is 3.47. The van der Waals surface area contributed by atoms with Gasteiger partial charge in [-0.15, -0.1) is 0 Å². The Morgan fingerprint density at radius 2 is 1.94 bits per heavy atom. The number of nitriles is 1. The molecule has 2 aromatic rings. The van der Waals surface area contributed by atoms with E-state index in [1.165, 1.54) is 18.4 Å². The lowest BCUT2D eigenvalue weighted by Crippen LogP contribution is -2.40. The summed E-state index contributed by atoms with van der Waals surface area (Å²) >= 11 is 0. The van der Waals surface area contributed by atoms with Crippen LogP contribution in [0.5, 0.6) is 0 Å². The molecule has 0 N–H and O–H groups in total. The summed E-state index contributed by atoms with van der Waals surface area (Å²) in [5.41, 5.74) is 4.18. The maximum absolute atomic E-state index is 12.8. The number of likely N-dealkylation sites (tertiary alicyclic amines) is 1. The molecule has 2 fully saturated rings. The third-order valence-corrected chi connectivity index (χ3v) is 7.16. The molecule has 31 heavy (non-hydrogen) atoms. The van der Waals surface area contributed by atoms with E-state index in [4.69, 9.17) is 10.2 Å². The molecule has 1 aliphatic carbocycles. The molecule has 0 spiro atoms. The topological polar surface area (TPSA) is 65.2 Å². The van der Waals surface area contributed by atoms with Crippen molar-refractivity contribution >= 4 is 22.8 Å². The van der Waals surface area contributed by atoms with E-state index >= 15 is 0 Å². The van der Waals surface area contributed by atoms with Crippen LogP contribution in [0.1, 0.15) is 50.0 Å². The lowest BCUT2D eigenvalue weighted by Gasteiger charge is -2.33. The van der Waals surface area contributed by atoms with Crippen LogP contribution < -0.4 is 4.90 Å². The fraction of sp³-hybridized carbons (Fsp3) is 0.480. The predicted octanol–water partition coefficient (Wildman–Crippen LogP) is 4.25. The molecule has 160 valence electrons. The zero-order valence-electron chi connectivity index (χ0n) is 18.1. The number of allylic oxidation sites excluding steroid dienone is 2. The second-order valence-corrected chi connectivity index (χ2v) is 9.05. The largest absolute Gasteiger partial charge is 0.349 e. The van der Waals surface area contributed by atoms with Crippen LogP contribution >= 0.6 is 0 Å². The second-order valence-electron chi connectivity index (χ2n) is 9.05. The molecule has 6 nitrogen and oxygen atoms in total. The van der Waals surface area contributed by atoms with Gasteiger partial charge in [-0.1, -0.05) is 12.8 Å². The molecule has 1 saturated heterocycles. The van der Waals surface area contributed by atoms with Gasteiger partial charge in [-0.25, -0.2) is 4.98 Å². The molecular weight excluding hydrogens is 386 g/mol. The summed E-state index contributed by atoms with van der Waals surface area (Å²) in [5.74, 6) is 1.99. The Hall–Kier alpha value is -3.07. The Kier molecular flexibility index (Phi) is 5.27. The summed E-state index contributed by atoms with van der Waals surface area (Å²) in [6, 6.07) is 6.37. The number of hydrogen-bond donors (Lipinski definition) is 0. The Bertz CT molecular complexity index is 1090. The van der Waals surface area contributed by atoms with Gasteiger partial charge in [0.1, 0.15) is 5.82 Å². The van der Waals surface area contributed by atoms with Crippen molar-refractivity contribution < 1.29 is 4.79 Å². The van der Waals surface area contributed by atoms with Gasteiger partial charge in [0.15, 0.2) is 0 Å². The summed E-state index contributed by atoms with van der Waals surface area (Å²) in [6.45, 7) is 2.36. The number of aromatic nitrogens is 2. The van der Waals surface area contributed by atoms with Gasteiger partial charge >= 0.3 is 0 Å². The van der Waals surface area contributed by atoms with Gasteiger partial charge in [-0.05, 0) is 61.4 Å². The summed E-state index contributed by atoms with van der Waals surface area (Å²) < 4.78 is 2.16. The van der Waals surface area contributed by atoms with E-state index < -0.39 is 0 Å². The lowest BCUT2D eigenvalue weighted by atomic mass is 9.89. The fourth-order valence-electron chi connectivity index (χ4n) is 5.33. The van der Waals surface area contributed by atoms with Crippen LogP contribution in [-0.4, -0.2) is 40.0 Å². The maximum atomic E-state index is 12.8. The molecule has 6 heteroatoms. The maximum Gasteiger partial charge on any atom is 0.225 e. The number of rotatable bonds is 3. The highest BCUT2D eigenvalue weighted by Gasteiger charge is 2.31. The number of fused-ring (bicyclic) bond motifs is 1. The Morgan fingerprint density at radius 3 is 2.61 bits per heavy atom. The van der Waals surface area contributed by atoms with Gasteiger partial charge in [0.05, 0.1) is 22.7 Å². The van der Waals surface area contributed by atoms with E-state index in [0.717, 1.165) is 55.6 Å². The molecule has 0 bridgehead atoms. The molecule has 4 heterocycles. The average molecular weight is 416 g/mol. The van der Waals surface area contributed by atoms with E-state index in [9.17, 15) is 4.79 Å². The van der Waals surface area contributed by atoms with Gasteiger partial charge in [0.2, 0.25) is 5.91 Å². The monoisotopic (exact) mass is 415 g/mol. The molecule has 0 radical (unpaired) electrons. The van der Waals surface area contributed by atoms with E-state index in [1.807, 2.05) is 24.4 Å². The second kappa shape index (κ2) is 8.22. The van der Waals surface area contributed by atoms with Crippen molar-refractivity contribution in [2.75, 3.05) is 24.5 Å². The number of pyridine rings is 1. The van der Waals surface area contributed by atoms with E-state index in [0.29, 0.717) is 23.9 Å². The Morgan fingerprint density at radius 1 is 1.16 bits per heavy atom. The van der Waals surface area contributed by atoms with Crippen molar-refractivity contribution in [3.8, 4) is 6.07 Å². The predicted molar refractivity (Wildman–Crippen MR) is 121 cm³/mol. The van der Waals surface area contributed by atoms with E-state index in [2.05, 4.69) is 39.7 Å². The number of piperidine rings is 1. The van der Waals surface area contributed by atoms with Crippen molar-refractivity contribution in [3.05, 3.63) is 47.8 Å². The van der Waals surface area contributed by atoms with Crippen molar-refractivity contribution in [1.29, 1.82) is 5.26 Å². The highest BCUT2D eigenvalue weighted by atomic mass is 16.2. The number of anilines is 1. The summed E-state index contributed by atoms with van der Waals surface area (Å²) in [4.78, 5) is 22.0. The third kappa shape index (κ3) is 3.74. The molecular formula is C25H29N5O. The summed E-state index contributed by atoms with van der Waals surface area (Å²) in [5, 5.41) is 9.06. The standard InChI is InChI=1S/C25H29N5O/c1-28-17-21(19-10-14-30(15-11-19)25(31)20-4-2-3-5-20)24-22(28)6-7-23(27-24)29-12-8-18(16-26)9-13-29/h6-9,12,17,19-20H,2-5,10-11,13-15H2,1H3. The third-order valence-electron chi connectivity index (χ3n) is 7.16. The van der Waals surface area contributed by atoms with Gasteiger partial charge in [-0.3, -0.25) is 4.79 Å². The zero-order chi connectivity index (χ0) is 21.4. The van der Waals surface area contributed by atoms with Gasteiger partial charge in [0, 0.05) is 45.0 Å². The number of hydrogen-bond acceptors (Lipinski definition) is 4. The van der Waals surface area contributed by atoms with Crippen LogP contribution in [0.15, 0.2) is 42.3 Å². The van der Waals surface area contributed by atoms with Crippen molar-refractivity contribution in [2.24, 2.45) is 13.0 Å².